The minimum absolute atomic E-state index is 0.0104. The smallest absolute Gasteiger partial charge is 0.332 e. The Kier molecular flexibility index (Phi) is 13.5. The number of rotatable bonds is 12. The first-order valence-electron chi connectivity index (χ1n) is 13.8. The summed E-state index contributed by atoms with van der Waals surface area (Å²) in [5.74, 6) is -3.36. The number of nitrogens with one attached hydrogen (secondary N) is 2. The van der Waals surface area contributed by atoms with E-state index in [2.05, 4.69) is 10.6 Å². The van der Waals surface area contributed by atoms with Crippen molar-refractivity contribution in [2.45, 2.75) is 38.3 Å². The number of allylic oxidation sites excluding steroid dienone is 2. The van der Waals surface area contributed by atoms with E-state index in [1.807, 2.05) is 54.6 Å². The molecule has 0 aliphatic carbocycles. The number of ether oxygens (including phenoxy) is 3. The predicted octanol–water partition coefficient (Wildman–Crippen LogP) is 2.10. The van der Waals surface area contributed by atoms with Crippen molar-refractivity contribution in [2.24, 2.45) is 11.8 Å². The molecule has 1 aliphatic rings. The van der Waals surface area contributed by atoms with Gasteiger partial charge < -0.3 is 30.0 Å². The molecule has 220 valence electrons. The monoisotopic (exact) mass is 566 g/mol. The van der Waals surface area contributed by atoms with Crippen LogP contribution in [0.3, 0.4) is 0 Å². The highest BCUT2D eigenvalue weighted by Crippen LogP contribution is 2.18. The normalized spacial score (nSPS) is 19.7. The number of carbonyl (C=O) groups excluding carboxylic acids is 4. The Bertz CT molecular complexity index is 1140. The largest absolute Gasteiger partial charge is 0.463 e. The average molecular weight is 567 g/mol. The number of hydrogen-bond acceptors (Lipinski definition) is 8. The van der Waals surface area contributed by atoms with Gasteiger partial charge in [0.05, 0.1) is 31.7 Å². The Morgan fingerprint density at radius 1 is 0.927 bits per heavy atom. The highest BCUT2D eigenvalue weighted by Gasteiger charge is 2.30. The van der Waals surface area contributed by atoms with Gasteiger partial charge in [0.2, 0.25) is 11.8 Å². The van der Waals surface area contributed by atoms with Gasteiger partial charge in [-0.25, -0.2) is 4.79 Å². The Morgan fingerprint density at radius 3 is 2.27 bits per heavy atom. The molecule has 41 heavy (non-hydrogen) atoms. The number of aliphatic hydroxyl groups excluding tert-OH is 1. The molecule has 2 amide bonds. The molecule has 0 saturated heterocycles. The van der Waals surface area contributed by atoms with Crippen LogP contribution in [0.4, 0.5) is 0 Å². The van der Waals surface area contributed by atoms with E-state index < -0.39 is 42.3 Å². The van der Waals surface area contributed by atoms with Crippen molar-refractivity contribution >= 4 is 23.8 Å². The van der Waals surface area contributed by atoms with Crippen LogP contribution >= 0.6 is 0 Å². The summed E-state index contributed by atoms with van der Waals surface area (Å²) in [6.45, 7) is 0.112. The molecule has 0 spiro atoms. The van der Waals surface area contributed by atoms with E-state index in [-0.39, 0.29) is 51.7 Å². The van der Waals surface area contributed by atoms with E-state index in [4.69, 9.17) is 19.3 Å². The summed E-state index contributed by atoms with van der Waals surface area (Å²) in [4.78, 5) is 51.8. The third-order valence-corrected chi connectivity index (χ3v) is 6.49. The fourth-order valence-corrected chi connectivity index (χ4v) is 4.26. The van der Waals surface area contributed by atoms with Gasteiger partial charge in [-0.15, -0.1) is 0 Å². The fraction of sp³-hybridized carbons (Fsp3) is 0.419. The lowest BCUT2D eigenvalue weighted by Crippen LogP contribution is -2.48. The van der Waals surface area contributed by atoms with Crippen molar-refractivity contribution in [1.82, 2.24) is 10.6 Å². The van der Waals surface area contributed by atoms with Gasteiger partial charge >= 0.3 is 11.9 Å². The standard InChI is InChI=1S/C31H38N2O8/c34-16-18-39-17-15-32-28(35)20-25-13-7-8-14-26(19-23-9-3-1-4-10-23)30(37)41-22-27(33-29(25)36)31(38)40-21-24-11-5-2-6-12-24/h1-12,25-27,34H,13-22H2,(H,32,35)(H,33,36). The van der Waals surface area contributed by atoms with Crippen molar-refractivity contribution in [1.29, 1.82) is 0 Å². The second-order valence-corrected chi connectivity index (χ2v) is 9.70. The summed E-state index contributed by atoms with van der Waals surface area (Å²) in [7, 11) is 0. The first-order valence-corrected chi connectivity index (χ1v) is 13.8. The zero-order valence-corrected chi connectivity index (χ0v) is 23.0. The van der Waals surface area contributed by atoms with E-state index in [0.717, 1.165) is 11.1 Å². The molecule has 3 unspecified atom stereocenters. The van der Waals surface area contributed by atoms with Gasteiger partial charge in [0.1, 0.15) is 13.2 Å². The molecule has 1 aliphatic heterocycles. The minimum Gasteiger partial charge on any atom is -0.463 e. The highest BCUT2D eigenvalue weighted by atomic mass is 16.6. The molecule has 0 saturated carbocycles. The lowest BCUT2D eigenvalue weighted by molar-refractivity contribution is -0.157. The van der Waals surface area contributed by atoms with E-state index in [0.29, 0.717) is 12.8 Å². The first kappa shape index (κ1) is 31.5. The summed E-state index contributed by atoms with van der Waals surface area (Å²) in [5.41, 5.74) is 1.74. The van der Waals surface area contributed by atoms with E-state index in [1.54, 1.807) is 18.2 Å². The second kappa shape index (κ2) is 17.6. The zero-order chi connectivity index (χ0) is 29.3. The molecular formula is C31H38N2O8. The van der Waals surface area contributed by atoms with Crippen LogP contribution in [0.1, 0.15) is 30.4 Å². The van der Waals surface area contributed by atoms with Crippen molar-refractivity contribution in [3.05, 3.63) is 83.9 Å². The summed E-state index contributed by atoms with van der Waals surface area (Å²) in [5, 5.41) is 14.1. The molecule has 0 bridgehead atoms. The number of esters is 2. The number of amides is 2. The lowest BCUT2D eigenvalue weighted by atomic mass is 9.94. The number of hydrogen-bond donors (Lipinski definition) is 3. The molecule has 2 aromatic rings. The highest BCUT2D eigenvalue weighted by molar-refractivity contribution is 5.89. The molecule has 10 heteroatoms. The van der Waals surface area contributed by atoms with Gasteiger partial charge in [-0.3, -0.25) is 14.4 Å². The Hall–Kier alpha value is -4.02. The van der Waals surface area contributed by atoms with E-state index >= 15 is 0 Å². The topological polar surface area (TPSA) is 140 Å². The lowest BCUT2D eigenvalue weighted by Gasteiger charge is -2.23. The molecule has 3 N–H and O–H groups in total. The first-order chi connectivity index (χ1) is 20.0. The van der Waals surface area contributed by atoms with Crippen molar-refractivity contribution in [3.8, 4) is 0 Å². The second-order valence-electron chi connectivity index (χ2n) is 9.70. The van der Waals surface area contributed by atoms with Crippen LogP contribution in [0.15, 0.2) is 72.8 Å². The maximum Gasteiger partial charge on any atom is 0.332 e. The van der Waals surface area contributed by atoms with Gasteiger partial charge in [-0.1, -0.05) is 72.8 Å². The maximum absolute atomic E-state index is 13.2. The molecule has 0 radical (unpaired) electrons. The predicted molar refractivity (Wildman–Crippen MR) is 150 cm³/mol. The number of benzene rings is 2. The molecule has 1 heterocycles. The average Bonchev–Trinajstić information content (AvgIpc) is 2.99. The summed E-state index contributed by atoms with van der Waals surface area (Å²) in [6, 6.07) is 17.4. The fourth-order valence-electron chi connectivity index (χ4n) is 4.26. The Balaban J connectivity index is 1.72. The molecule has 3 atom stereocenters. The summed E-state index contributed by atoms with van der Waals surface area (Å²) < 4.78 is 16.1. The van der Waals surface area contributed by atoms with Gasteiger partial charge in [-0.05, 0) is 30.4 Å². The third-order valence-electron chi connectivity index (χ3n) is 6.49. The maximum atomic E-state index is 13.2. The van der Waals surface area contributed by atoms with Crippen molar-refractivity contribution in [3.63, 3.8) is 0 Å². The van der Waals surface area contributed by atoms with Crippen LogP contribution in [0, 0.1) is 11.8 Å². The zero-order valence-electron chi connectivity index (χ0n) is 23.0. The quantitative estimate of drug-likeness (QED) is 0.202. The van der Waals surface area contributed by atoms with Gasteiger partial charge in [0.15, 0.2) is 6.04 Å². The van der Waals surface area contributed by atoms with Gasteiger partial charge in [0.25, 0.3) is 0 Å². The molecule has 2 aromatic carbocycles. The molecule has 0 fully saturated rings. The van der Waals surface area contributed by atoms with E-state index in [9.17, 15) is 19.2 Å². The van der Waals surface area contributed by atoms with Crippen molar-refractivity contribution in [2.75, 3.05) is 33.0 Å². The number of carbonyl (C=O) groups is 4. The van der Waals surface area contributed by atoms with Gasteiger partial charge in [0, 0.05) is 13.0 Å². The molecule has 10 nitrogen and oxygen atoms in total. The summed E-state index contributed by atoms with van der Waals surface area (Å²) >= 11 is 0. The molecular weight excluding hydrogens is 528 g/mol. The van der Waals surface area contributed by atoms with Crippen LogP contribution < -0.4 is 10.6 Å². The van der Waals surface area contributed by atoms with Crippen LogP contribution in [0.2, 0.25) is 0 Å². The Morgan fingerprint density at radius 2 is 1.59 bits per heavy atom. The number of cyclic esters (lactones) is 1. The van der Waals surface area contributed by atoms with E-state index in [1.165, 1.54) is 0 Å². The van der Waals surface area contributed by atoms with Crippen LogP contribution in [-0.2, 0) is 46.4 Å². The van der Waals surface area contributed by atoms with Crippen LogP contribution in [0.5, 0.6) is 0 Å². The van der Waals surface area contributed by atoms with Crippen molar-refractivity contribution < 1.29 is 38.5 Å². The third kappa shape index (κ3) is 11.5. The SMILES string of the molecule is O=C(CC1CC=CCC(Cc2ccccc2)C(=O)OCC(C(=O)OCc2ccccc2)NC1=O)NCCOCCO. The minimum atomic E-state index is -1.24. The number of aliphatic hydroxyl groups is 1. The van der Waals surface area contributed by atoms with Crippen LogP contribution in [-0.4, -0.2) is 67.9 Å². The molecule has 3 rings (SSSR count). The summed E-state index contributed by atoms with van der Waals surface area (Å²) in [6.07, 6.45) is 4.54. The Labute approximate surface area is 240 Å². The van der Waals surface area contributed by atoms with Crippen LogP contribution in [0.25, 0.3) is 0 Å². The van der Waals surface area contributed by atoms with Gasteiger partial charge in [-0.2, -0.15) is 0 Å². The molecule has 0 aromatic heterocycles.